The van der Waals surface area contributed by atoms with E-state index in [1.165, 1.54) is 10.9 Å². The number of rotatable bonds is 4. The van der Waals surface area contributed by atoms with Crippen LogP contribution in [0.4, 0.5) is 5.00 Å². The molecule has 0 unspecified atom stereocenters. The van der Waals surface area contributed by atoms with E-state index < -0.39 is 5.97 Å². The third-order valence-electron chi connectivity index (χ3n) is 3.87. The van der Waals surface area contributed by atoms with Crippen molar-refractivity contribution in [3.05, 3.63) is 45.8 Å². The van der Waals surface area contributed by atoms with Crippen molar-refractivity contribution in [2.24, 2.45) is 4.99 Å². The molecule has 1 heterocycles. The summed E-state index contributed by atoms with van der Waals surface area (Å²) in [7, 11) is 0. The largest absolute Gasteiger partial charge is 2.00 e. The number of ether oxygens (including phenoxy) is 1. The topological polar surface area (TPSA) is 102 Å². The van der Waals surface area contributed by atoms with E-state index in [2.05, 4.69) is 4.99 Å². The molecule has 153 valence electrons. The molecule has 3 rings (SSSR count). The van der Waals surface area contributed by atoms with Gasteiger partial charge in [-0.25, -0.2) is 9.79 Å². The number of esters is 1. The summed E-state index contributed by atoms with van der Waals surface area (Å²) < 4.78 is 5.20. The van der Waals surface area contributed by atoms with Crippen molar-refractivity contribution >= 4 is 34.5 Å². The van der Waals surface area contributed by atoms with Crippen LogP contribution in [-0.2, 0) is 39.4 Å². The molecular weight excluding hydrogens is 430 g/mol. The molecule has 0 saturated carbocycles. The molecule has 0 atom stereocenters. The summed E-state index contributed by atoms with van der Waals surface area (Å²) in [5.74, 6) is -1.47. The SMILES string of the molecule is CC(=O)[O-].CCOC(=O)c1c(/N=C/c2ccccc2[O-])sc2c1CCCC2.[Cu+2]. The van der Waals surface area contributed by atoms with Gasteiger partial charge in [-0.3, -0.25) is 0 Å². The third-order valence-corrected chi connectivity index (χ3v) is 5.07. The van der Waals surface area contributed by atoms with Crippen LogP contribution in [0.3, 0.4) is 0 Å². The van der Waals surface area contributed by atoms with Gasteiger partial charge in [0.25, 0.3) is 0 Å². The Morgan fingerprint density at radius 3 is 2.54 bits per heavy atom. The van der Waals surface area contributed by atoms with Crippen LogP contribution in [0.1, 0.15) is 53.1 Å². The number of carbonyl (C=O) groups excluding carboxylic acids is 2. The van der Waals surface area contributed by atoms with Crippen molar-refractivity contribution in [3.63, 3.8) is 0 Å². The van der Waals surface area contributed by atoms with Crippen molar-refractivity contribution in [2.45, 2.75) is 39.5 Å². The van der Waals surface area contributed by atoms with Crippen LogP contribution in [0, 0.1) is 0 Å². The van der Waals surface area contributed by atoms with Crippen LogP contribution in [0.15, 0.2) is 29.3 Å². The van der Waals surface area contributed by atoms with Crippen molar-refractivity contribution in [2.75, 3.05) is 6.61 Å². The van der Waals surface area contributed by atoms with Gasteiger partial charge in [0.05, 0.1) is 12.2 Å². The standard InChI is InChI=1S/C18H19NO3S.C2H4O2.Cu/c1-2-22-18(21)16-13-8-4-6-10-15(13)23-17(16)19-11-12-7-3-5-9-14(12)20;1-2(3)4;/h3,5,7,9,11,20H,2,4,6,8,10H2,1H3;1H3,(H,3,4);/q;;+2/p-2/b19-11+;;. The quantitative estimate of drug-likeness (QED) is 0.404. The summed E-state index contributed by atoms with van der Waals surface area (Å²) in [5, 5.41) is 21.3. The molecule has 2 aromatic rings. The number of carboxylic acid groups (broad SMARTS) is 1. The van der Waals surface area contributed by atoms with E-state index in [9.17, 15) is 9.90 Å². The van der Waals surface area contributed by atoms with Gasteiger partial charge in [0.2, 0.25) is 0 Å². The van der Waals surface area contributed by atoms with Gasteiger partial charge in [0.15, 0.2) is 0 Å². The molecule has 6 nitrogen and oxygen atoms in total. The average Bonchev–Trinajstić information content (AvgIpc) is 2.99. The van der Waals surface area contributed by atoms with E-state index >= 15 is 0 Å². The van der Waals surface area contributed by atoms with E-state index in [-0.39, 0.29) is 28.8 Å². The summed E-state index contributed by atoms with van der Waals surface area (Å²) in [5.41, 5.74) is 2.20. The second-order valence-corrected chi connectivity index (χ2v) is 6.98. The summed E-state index contributed by atoms with van der Waals surface area (Å²) in [6.45, 7) is 3.11. The number of carbonyl (C=O) groups is 2. The predicted molar refractivity (Wildman–Crippen MR) is 101 cm³/mol. The number of aliphatic imine (C=N–C) groups is 1. The van der Waals surface area contributed by atoms with E-state index in [0.29, 0.717) is 22.7 Å². The zero-order chi connectivity index (χ0) is 19.8. The molecule has 28 heavy (non-hydrogen) atoms. The van der Waals surface area contributed by atoms with Gasteiger partial charge >= 0.3 is 23.0 Å². The smallest absolute Gasteiger partial charge is 0.872 e. The number of hydrogen-bond donors (Lipinski definition) is 0. The van der Waals surface area contributed by atoms with Crippen LogP contribution in [-0.4, -0.2) is 24.8 Å². The van der Waals surface area contributed by atoms with Crippen LogP contribution >= 0.6 is 11.3 Å². The molecule has 1 aliphatic rings. The summed E-state index contributed by atoms with van der Waals surface area (Å²) in [4.78, 5) is 26.9. The first kappa shape index (κ1) is 23.9. The van der Waals surface area contributed by atoms with Crippen LogP contribution in [0.5, 0.6) is 5.75 Å². The molecule has 0 aliphatic heterocycles. The van der Waals surface area contributed by atoms with Gasteiger partial charge < -0.3 is 19.7 Å². The van der Waals surface area contributed by atoms with Crippen molar-refractivity contribution in [3.8, 4) is 5.75 Å². The molecule has 0 spiro atoms. The minimum Gasteiger partial charge on any atom is -0.872 e. The molecule has 0 amide bonds. The van der Waals surface area contributed by atoms with Gasteiger partial charge in [-0.1, -0.05) is 24.3 Å². The molecule has 0 fully saturated rings. The maximum absolute atomic E-state index is 12.3. The number of hydrogen-bond acceptors (Lipinski definition) is 7. The van der Waals surface area contributed by atoms with E-state index in [1.807, 2.05) is 0 Å². The second kappa shape index (κ2) is 11.6. The fraction of sp³-hybridized carbons (Fsp3) is 0.350. The zero-order valence-corrected chi connectivity index (χ0v) is 17.4. The predicted octanol–water partition coefficient (Wildman–Crippen LogP) is 2.38. The second-order valence-electron chi connectivity index (χ2n) is 5.90. The monoisotopic (exact) mass is 450 g/mol. The summed E-state index contributed by atoms with van der Waals surface area (Å²) in [6, 6.07) is 6.73. The van der Waals surface area contributed by atoms with Crippen molar-refractivity contribution < 1.29 is 41.6 Å². The molecule has 0 N–H and O–H groups in total. The number of benzene rings is 1. The minimum atomic E-state index is -1.08. The summed E-state index contributed by atoms with van der Waals surface area (Å²) in [6.07, 6.45) is 5.65. The number of thiophene rings is 1. The van der Waals surface area contributed by atoms with Crippen LogP contribution in [0.2, 0.25) is 0 Å². The van der Waals surface area contributed by atoms with Gasteiger partial charge in [0, 0.05) is 17.1 Å². The van der Waals surface area contributed by atoms with Gasteiger partial charge in [-0.2, -0.15) is 0 Å². The Morgan fingerprint density at radius 1 is 1.25 bits per heavy atom. The number of aryl methyl sites for hydroxylation is 1. The number of carboxylic acids is 1. The molecule has 8 heteroatoms. The molecule has 0 bridgehead atoms. The Morgan fingerprint density at radius 2 is 1.89 bits per heavy atom. The van der Waals surface area contributed by atoms with Crippen molar-refractivity contribution in [1.82, 2.24) is 0 Å². The first-order valence-electron chi connectivity index (χ1n) is 8.73. The van der Waals surface area contributed by atoms with Gasteiger partial charge in [0.1, 0.15) is 5.00 Å². The normalized spacial score (nSPS) is 12.4. The van der Waals surface area contributed by atoms with E-state index in [4.69, 9.17) is 14.6 Å². The van der Waals surface area contributed by atoms with Gasteiger partial charge in [-0.05, 0) is 50.7 Å². The number of para-hydroxylation sites is 1. The van der Waals surface area contributed by atoms with Crippen LogP contribution in [0.25, 0.3) is 0 Å². The minimum absolute atomic E-state index is 0. The van der Waals surface area contributed by atoms with Crippen LogP contribution < -0.4 is 10.2 Å². The van der Waals surface area contributed by atoms with Crippen molar-refractivity contribution in [1.29, 1.82) is 0 Å². The fourth-order valence-corrected chi connectivity index (χ4v) is 3.99. The molecule has 1 radical (unpaired) electrons. The van der Waals surface area contributed by atoms with E-state index in [0.717, 1.165) is 38.2 Å². The maximum atomic E-state index is 12.3. The molecule has 1 aromatic carbocycles. The molecule has 0 saturated heterocycles. The van der Waals surface area contributed by atoms with E-state index in [1.54, 1.807) is 42.7 Å². The Labute approximate surface area is 178 Å². The average molecular weight is 451 g/mol. The Hall–Kier alpha value is -2.15. The molecule has 1 aromatic heterocycles. The number of fused-ring (bicyclic) bond motifs is 1. The maximum Gasteiger partial charge on any atom is 2.00 e. The molecular formula is C20H21CuNO5S. The first-order chi connectivity index (χ1) is 12.9. The summed E-state index contributed by atoms with van der Waals surface area (Å²) >= 11 is 1.54. The third kappa shape index (κ3) is 6.48. The molecule has 1 aliphatic carbocycles. The first-order valence-corrected chi connectivity index (χ1v) is 9.55. The Balaban J connectivity index is 0.000000717. The van der Waals surface area contributed by atoms with Gasteiger partial charge in [-0.15, -0.1) is 17.1 Å². The zero-order valence-electron chi connectivity index (χ0n) is 15.6. The fourth-order valence-electron chi connectivity index (χ4n) is 2.77. The number of aliphatic carboxylic acids is 1. The Bertz CT molecular complexity index is 843. The Kier molecular flexibility index (Phi) is 9.93. The number of nitrogens with zero attached hydrogens (tertiary/aromatic N) is 1.